The third kappa shape index (κ3) is 10.0. The molecule has 2 amide bonds. The molecule has 0 spiro atoms. The molecule has 1 aromatic heterocycles. The van der Waals surface area contributed by atoms with Crippen molar-refractivity contribution in [1.29, 1.82) is 0 Å². The first-order valence-electron chi connectivity index (χ1n) is 15.8. The van der Waals surface area contributed by atoms with E-state index in [-0.39, 0.29) is 35.5 Å². The van der Waals surface area contributed by atoms with Gasteiger partial charge in [-0.3, -0.25) is 9.59 Å². The highest BCUT2D eigenvalue weighted by atomic mass is 19.3. The number of oxazole rings is 1. The van der Waals surface area contributed by atoms with E-state index in [1.165, 1.54) is 18.2 Å². The van der Waals surface area contributed by atoms with Crippen molar-refractivity contribution in [2.24, 2.45) is 11.3 Å². The van der Waals surface area contributed by atoms with Crippen LogP contribution in [0.3, 0.4) is 0 Å². The Balaban J connectivity index is 1.69. The van der Waals surface area contributed by atoms with Gasteiger partial charge in [-0.15, -0.1) is 0 Å². The van der Waals surface area contributed by atoms with Crippen molar-refractivity contribution in [3.8, 4) is 23.0 Å². The number of hydrogen-bond donors (Lipinski definition) is 1. The van der Waals surface area contributed by atoms with E-state index in [0.29, 0.717) is 37.7 Å². The standard InChI is InChI=1S/C33H46F2N4O8/c1-19(36-31(42)47-33(5,6)7)26-25(28(40)39-14-13-38(8)16-22(39)18-44-29(41)32(2,3)4)37-27(46-26)21-11-12-23(45-30(34)35)24(15-21)43-17-20-9-10-20/h11-12,15,19-20,22,30H,9-10,13-14,16-18H2,1-8H3,(H,36,42)/t19-,22?/m0/s1. The normalized spacial score (nSPS) is 18.1. The maximum absolute atomic E-state index is 14.2. The molecule has 1 aliphatic heterocycles. The van der Waals surface area contributed by atoms with Crippen LogP contribution < -0.4 is 14.8 Å². The zero-order valence-corrected chi connectivity index (χ0v) is 28.4. The smallest absolute Gasteiger partial charge is 0.408 e. The molecule has 14 heteroatoms. The van der Waals surface area contributed by atoms with Gasteiger partial charge >= 0.3 is 18.7 Å². The molecule has 2 heterocycles. The molecule has 2 aromatic rings. The third-order valence-electron chi connectivity index (χ3n) is 7.53. The summed E-state index contributed by atoms with van der Waals surface area (Å²) in [5.41, 5.74) is -1.21. The number of aromatic nitrogens is 1. The summed E-state index contributed by atoms with van der Waals surface area (Å²) in [5.74, 6) is -0.522. The predicted octanol–water partition coefficient (Wildman–Crippen LogP) is 5.66. The van der Waals surface area contributed by atoms with Crippen LogP contribution >= 0.6 is 0 Å². The third-order valence-corrected chi connectivity index (χ3v) is 7.53. The van der Waals surface area contributed by atoms with Crippen LogP contribution in [0.25, 0.3) is 11.5 Å². The average Bonchev–Trinajstić information content (AvgIpc) is 3.68. The lowest BCUT2D eigenvalue weighted by Gasteiger charge is -2.39. The lowest BCUT2D eigenvalue weighted by Crippen LogP contribution is -2.56. The molecule has 12 nitrogen and oxygen atoms in total. The Labute approximate surface area is 274 Å². The van der Waals surface area contributed by atoms with Gasteiger partial charge in [0.1, 0.15) is 12.2 Å². The summed E-state index contributed by atoms with van der Waals surface area (Å²) in [4.78, 5) is 47.7. The summed E-state index contributed by atoms with van der Waals surface area (Å²) in [5, 5.41) is 2.70. The van der Waals surface area contributed by atoms with Crippen molar-refractivity contribution >= 4 is 18.0 Å². The first-order chi connectivity index (χ1) is 21.9. The SMILES string of the molecule is C[C@H](NC(=O)OC(C)(C)C)c1oc(-c2ccc(OC(F)F)c(OCC3CC3)c2)nc1C(=O)N1CCN(C)CC1COC(=O)C(C)(C)C. The quantitative estimate of drug-likeness (QED) is 0.300. The van der Waals surface area contributed by atoms with Crippen LogP contribution in [0.4, 0.5) is 13.6 Å². The van der Waals surface area contributed by atoms with E-state index in [2.05, 4.69) is 15.0 Å². The molecule has 47 heavy (non-hydrogen) atoms. The van der Waals surface area contributed by atoms with Gasteiger partial charge in [-0.1, -0.05) is 0 Å². The fraction of sp³-hybridized carbons (Fsp3) is 0.636. The molecule has 1 aliphatic carbocycles. The number of piperazine rings is 1. The molecule has 2 atom stereocenters. The number of likely N-dealkylation sites (N-methyl/N-ethyl adjacent to an activating group) is 1. The minimum Gasteiger partial charge on any atom is -0.489 e. The highest BCUT2D eigenvalue weighted by Gasteiger charge is 2.37. The number of alkyl carbamates (subject to hydrolysis) is 1. The highest BCUT2D eigenvalue weighted by molar-refractivity contribution is 5.94. The van der Waals surface area contributed by atoms with E-state index in [1.54, 1.807) is 53.4 Å². The van der Waals surface area contributed by atoms with Gasteiger partial charge in [0.05, 0.1) is 24.1 Å². The van der Waals surface area contributed by atoms with Gasteiger partial charge in [-0.2, -0.15) is 8.78 Å². The zero-order chi connectivity index (χ0) is 34.7. The van der Waals surface area contributed by atoms with E-state index >= 15 is 0 Å². The fourth-order valence-electron chi connectivity index (χ4n) is 4.84. The van der Waals surface area contributed by atoms with Crippen LogP contribution in [-0.2, 0) is 14.3 Å². The summed E-state index contributed by atoms with van der Waals surface area (Å²) in [6.07, 6.45) is 1.26. The van der Waals surface area contributed by atoms with Crippen molar-refractivity contribution < 1.29 is 46.5 Å². The summed E-state index contributed by atoms with van der Waals surface area (Å²) < 4.78 is 53.9. The van der Waals surface area contributed by atoms with Crippen LogP contribution in [-0.4, -0.2) is 90.9 Å². The highest BCUT2D eigenvalue weighted by Crippen LogP contribution is 2.37. The molecule has 0 bridgehead atoms. The number of esters is 1. The molecule has 0 radical (unpaired) electrons. The number of alkyl halides is 2. The molecule has 260 valence electrons. The van der Waals surface area contributed by atoms with E-state index < -0.39 is 47.7 Å². The molecule has 1 saturated heterocycles. The predicted molar refractivity (Wildman–Crippen MR) is 167 cm³/mol. The number of halogens is 2. The Bertz CT molecular complexity index is 1430. The molecule has 2 aliphatic rings. The minimum absolute atomic E-state index is 0.00546. The van der Waals surface area contributed by atoms with Crippen molar-refractivity contribution in [3.63, 3.8) is 0 Å². The number of rotatable bonds is 11. The lowest BCUT2D eigenvalue weighted by molar-refractivity contribution is -0.155. The number of nitrogens with zero attached hydrogens (tertiary/aromatic N) is 3. The van der Waals surface area contributed by atoms with Crippen LogP contribution in [0, 0.1) is 11.3 Å². The van der Waals surface area contributed by atoms with Crippen molar-refractivity contribution in [1.82, 2.24) is 20.1 Å². The van der Waals surface area contributed by atoms with Gasteiger partial charge in [0, 0.05) is 25.2 Å². The van der Waals surface area contributed by atoms with E-state index in [0.717, 1.165) is 12.8 Å². The maximum Gasteiger partial charge on any atom is 0.408 e. The molecule has 2 fully saturated rings. The van der Waals surface area contributed by atoms with Crippen molar-refractivity contribution in [2.75, 3.05) is 39.9 Å². The largest absolute Gasteiger partial charge is 0.489 e. The summed E-state index contributed by atoms with van der Waals surface area (Å²) in [6.45, 7) is 10.7. The number of carbonyl (C=O) groups excluding carboxylic acids is 3. The van der Waals surface area contributed by atoms with Gasteiger partial charge in [-0.05, 0) is 92.5 Å². The van der Waals surface area contributed by atoms with E-state index in [1.807, 2.05) is 11.9 Å². The zero-order valence-electron chi connectivity index (χ0n) is 28.4. The van der Waals surface area contributed by atoms with Crippen molar-refractivity contribution in [2.45, 2.75) is 85.6 Å². The number of hydrogen-bond acceptors (Lipinski definition) is 10. The minimum atomic E-state index is -3.05. The van der Waals surface area contributed by atoms with Gasteiger partial charge < -0.3 is 38.5 Å². The van der Waals surface area contributed by atoms with Gasteiger partial charge in [0.2, 0.25) is 5.89 Å². The maximum atomic E-state index is 14.2. The van der Waals surface area contributed by atoms with Gasteiger partial charge in [0.25, 0.3) is 5.91 Å². The van der Waals surface area contributed by atoms with Crippen LogP contribution in [0.2, 0.25) is 0 Å². The van der Waals surface area contributed by atoms with Crippen LogP contribution in [0.1, 0.15) is 83.6 Å². The number of benzene rings is 1. The average molecular weight is 665 g/mol. The Kier molecular flexibility index (Phi) is 11.0. The van der Waals surface area contributed by atoms with Gasteiger partial charge in [-0.25, -0.2) is 9.78 Å². The van der Waals surface area contributed by atoms with Crippen LogP contribution in [0.5, 0.6) is 11.5 Å². The molecule has 1 aromatic carbocycles. The molecule has 4 rings (SSSR count). The number of ether oxygens (including phenoxy) is 4. The van der Waals surface area contributed by atoms with E-state index in [9.17, 15) is 23.2 Å². The number of nitrogens with one attached hydrogen (secondary N) is 1. The second-order valence-corrected chi connectivity index (χ2v) is 14.2. The summed E-state index contributed by atoms with van der Waals surface area (Å²) >= 11 is 0. The molecular weight excluding hydrogens is 618 g/mol. The molecular formula is C33H46F2N4O8. The fourth-order valence-corrected chi connectivity index (χ4v) is 4.84. The first kappa shape index (κ1) is 35.9. The topological polar surface area (TPSA) is 133 Å². The monoisotopic (exact) mass is 664 g/mol. The van der Waals surface area contributed by atoms with Gasteiger partial charge in [0.15, 0.2) is 23.0 Å². The van der Waals surface area contributed by atoms with Crippen molar-refractivity contribution in [3.05, 3.63) is 29.7 Å². The number of carbonyl (C=O) groups is 3. The Morgan fingerprint density at radius 1 is 1.06 bits per heavy atom. The van der Waals surface area contributed by atoms with Crippen LogP contribution in [0.15, 0.2) is 22.6 Å². The molecule has 1 unspecified atom stereocenters. The lowest BCUT2D eigenvalue weighted by atomic mass is 9.97. The second kappa shape index (κ2) is 14.4. The molecule has 1 N–H and O–H groups in total. The summed E-state index contributed by atoms with van der Waals surface area (Å²) in [6, 6.07) is 2.94. The number of amides is 2. The molecule has 1 saturated carbocycles. The Morgan fingerprint density at radius 2 is 1.77 bits per heavy atom. The summed E-state index contributed by atoms with van der Waals surface area (Å²) in [7, 11) is 1.91. The second-order valence-electron chi connectivity index (χ2n) is 14.2. The Hall–Kier alpha value is -3.94. The Morgan fingerprint density at radius 3 is 2.38 bits per heavy atom. The van der Waals surface area contributed by atoms with E-state index in [4.69, 9.17) is 18.6 Å². The first-order valence-corrected chi connectivity index (χ1v) is 15.8.